The lowest BCUT2D eigenvalue weighted by atomic mass is 10.1. The molecule has 0 saturated carbocycles. The second-order valence-corrected chi connectivity index (χ2v) is 6.99. The highest BCUT2D eigenvalue weighted by atomic mass is 35.5. The van der Waals surface area contributed by atoms with Gasteiger partial charge in [0.05, 0.1) is 19.8 Å². The summed E-state index contributed by atoms with van der Waals surface area (Å²) in [5, 5.41) is 8.96. The molecular weight excluding hydrogens is 402 g/mol. The fourth-order valence-electron chi connectivity index (χ4n) is 2.52. The molecule has 156 valence electrons. The topological polar surface area (TPSA) is 142 Å². The van der Waals surface area contributed by atoms with Crippen molar-refractivity contribution in [1.82, 2.24) is 4.90 Å². The van der Waals surface area contributed by atoms with Crippen LogP contribution in [0.3, 0.4) is 0 Å². The highest BCUT2D eigenvalue weighted by Crippen LogP contribution is 2.22. The van der Waals surface area contributed by atoms with Gasteiger partial charge in [0.1, 0.15) is 6.04 Å². The standard InChI is InChI=1S/C15H25N3O7S.ClH/c1-11(10-26-13(19)9-16)14(20)17-6-4-5-12(17)15(21)24-7-2-3-8-25-18(22)23;/h11-12H,2-10,16H2,1H3;1H/t11-,12+;/m1./s1. The normalized spacial score (nSPS) is 17.0. The summed E-state index contributed by atoms with van der Waals surface area (Å²) in [7, 11) is 0. The van der Waals surface area contributed by atoms with Crippen LogP contribution in [0, 0.1) is 16.0 Å². The van der Waals surface area contributed by atoms with Gasteiger partial charge in [0.15, 0.2) is 0 Å². The van der Waals surface area contributed by atoms with Crippen LogP contribution >= 0.6 is 24.2 Å². The Morgan fingerprint density at radius 1 is 1.33 bits per heavy atom. The molecule has 1 fully saturated rings. The fourth-order valence-corrected chi connectivity index (χ4v) is 3.22. The number of ether oxygens (including phenoxy) is 1. The number of thioether (sulfide) groups is 1. The van der Waals surface area contributed by atoms with Gasteiger partial charge in [-0.2, -0.15) is 0 Å². The Balaban J connectivity index is 0.00000676. The summed E-state index contributed by atoms with van der Waals surface area (Å²) in [5.41, 5.74) is 5.24. The molecule has 0 unspecified atom stereocenters. The third-order valence-electron chi connectivity index (χ3n) is 3.87. The molecule has 0 aromatic heterocycles. The van der Waals surface area contributed by atoms with Crippen LogP contribution in [-0.2, 0) is 24.0 Å². The smallest absolute Gasteiger partial charge is 0.328 e. The van der Waals surface area contributed by atoms with E-state index in [0.717, 1.165) is 11.8 Å². The second kappa shape index (κ2) is 13.6. The lowest BCUT2D eigenvalue weighted by molar-refractivity contribution is -0.757. The van der Waals surface area contributed by atoms with E-state index < -0.39 is 23.0 Å². The average molecular weight is 428 g/mol. The fraction of sp³-hybridized carbons (Fsp3) is 0.800. The van der Waals surface area contributed by atoms with Gasteiger partial charge in [-0.15, -0.1) is 22.5 Å². The van der Waals surface area contributed by atoms with Crippen LogP contribution in [0.15, 0.2) is 0 Å². The largest absolute Gasteiger partial charge is 0.464 e. The van der Waals surface area contributed by atoms with Gasteiger partial charge in [0.25, 0.3) is 5.09 Å². The van der Waals surface area contributed by atoms with Crippen molar-refractivity contribution < 1.29 is 29.0 Å². The molecule has 0 aromatic rings. The van der Waals surface area contributed by atoms with Crippen LogP contribution < -0.4 is 5.73 Å². The van der Waals surface area contributed by atoms with Gasteiger partial charge >= 0.3 is 5.97 Å². The number of amides is 1. The Hall–Kier alpha value is -1.59. The second-order valence-electron chi connectivity index (χ2n) is 5.91. The van der Waals surface area contributed by atoms with Crippen LogP contribution in [0.5, 0.6) is 0 Å². The van der Waals surface area contributed by atoms with E-state index in [9.17, 15) is 24.5 Å². The molecular formula is C15H26ClN3O7S. The molecule has 0 spiro atoms. The van der Waals surface area contributed by atoms with Crippen LogP contribution in [0.25, 0.3) is 0 Å². The van der Waals surface area contributed by atoms with E-state index in [2.05, 4.69) is 4.84 Å². The third kappa shape index (κ3) is 9.25. The first kappa shape index (κ1) is 25.4. The Kier molecular flexibility index (Phi) is 12.8. The number of unbranched alkanes of at least 4 members (excludes halogenated alkanes) is 1. The number of nitrogens with zero attached hydrogens (tertiary/aromatic N) is 2. The average Bonchev–Trinajstić information content (AvgIpc) is 3.10. The summed E-state index contributed by atoms with van der Waals surface area (Å²) >= 11 is 1.02. The number of halogens is 1. The molecule has 0 bridgehead atoms. The van der Waals surface area contributed by atoms with Gasteiger partial charge in [-0.25, -0.2) is 4.79 Å². The molecule has 1 saturated heterocycles. The van der Waals surface area contributed by atoms with Gasteiger partial charge < -0.3 is 20.2 Å². The molecule has 10 nitrogen and oxygen atoms in total. The summed E-state index contributed by atoms with van der Waals surface area (Å²) in [4.78, 5) is 51.7. The molecule has 2 N–H and O–H groups in total. The molecule has 0 aromatic carbocycles. The van der Waals surface area contributed by atoms with E-state index in [1.54, 1.807) is 6.92 Å². The Morgan fingerprint density at radius 2 is 2.00 bits per heavy atom. The molecule has 2 atom stereocenters. The minimum Gasteiger partial charge on any atom is -0.464 e. The van der Waals surface area contributed by atoms with Gasteiger partial charge in [-0.05, 0) is 25.7 Å². The molecule has 1 aliphatic heterocycles. The first-order chi connectivity index (χ1) is 12.4. The van der Waals surface area contributed by atoms with E-state index in [1.807, 2.05) is 0 Å². The first-order valence-electron chi connectivity index (χ1n) is 8.47. The van der Waals surface area contributed by atoms with Crippen LogP contribution in [0.1, 0.15) is 32.6 Å². The van der Waals surface area contributed by atoms with Crippen molar-refractivity contribution in [2.24, 2.45) is 11.7 Å². The molecule has 0 aliphatic carbocycles. The van der Waals surface area contributed by atoms with Gasteiger partial charge in [0, 0.05) is 18.2 Å². The molecule has 1 aliphatic rings. The van der Waals surface area contributed by atoms with Crippen molar-refractivity contribution in [3.8, 4) is 0 Å². The molecule has 0 radical (unpaired) electrons. The molecule has 1 heterocycles. The summed E-state index contributed by atoms with van der Waals surface area (Å²) in [6.07, 6.45) is 2.08. The highest BCUT2D eigenvalue weighted by Gasteiger charge is 2.36. The van der Waals surface area contributed by atoms with Crippen LogP contribution in [0.4, 0.5) is 0 Å². The number of carbonyl (C=O) groups excluding carboxylic acids is 3. The van der Waals surface area contributed by atoms with Crippen molar-refractivity contribution in [2.45, 2.75) is 38.6 Å². The van der Waals surface area contributed by atoms with Crippen LogP contribution in [0.2, 0.25) is 0 Å². The zero-order valence-electron chi connectivity index (χ0n) is 15.2. The van der Waals surface area contributed by atoms with E-state index in [1.165, 1.54) is 4.90 Å². The van der Waals surface area contributed by atoms with Gasteiger partial charge in [-0.3, -0.25) is 9.59 Å². The zero-order chi connectivity index (χ0) is 19.5. The molecule has 1 rings (SSSR count). The van der Waals surface area contributed by atoms with E-state index in [4.69, 9.17) is 10.5 Å². The minimum absolute atomic E-state index is 0. The molecule has 27 heavy (non-hydrogen) atoms. The maximum Gasteiger partial charge on any atom is 0.328 e. The highest BCUT2D eigenvalue weighted by molar-refractivity contribution is 8.13. The minimum atomic E-state index is -0.866. The van der Waals surface area contributed by atoms with Crippen molar-refractivity contribution >= 4 is 41.2 Å². The quantitative estimate of drug-likeness (QED) is 0.219. The number of likely N-dealkylation sites (tertiary alicyclic amines) is 1. The van der Waals surface area contributed by atoms with Crippen molar-refractivity contribution in [1.29, 1.82) is 0 Å². The van der Waals surface area contributed by atoms with Gasteiger partial charge in [0.2, 0.25) is 11.0 Å². The summed E-state index contributed by atoms with van der Waals surface area (Å²) in [6.45, 7) is 2.20. The van der Waals surface area contributed by atoms with Crippen LogP contribution in [-0.4, -0.2) is 65.1 Å². The zero-order valence-corrected chi connectivity index (χ0v) is 16.8. The van der Waals surface area contributed by atoms with E-state index in [-0.39, 0.29) is 43.2 Å². The third-order valence-corrected chi connectivity index (χ3v) is 5.03. The van der Waals surface area contributed by atoms with Crippen molar-refractivity contribution in [3.63, 3.8) is 0 Å². The predicted molar refractivity (Wildman–Crippen MR) is 101 cm³/mol. The first-order valence-corrected chi connectivity index (χ1v) is 9.45. The Labute approximate surface area is 168 Å². The lowest BCUT2D eigenvalue weighted by Gasteiger charge is -2.26. The number of hydrogen-bond donors (Lipinski definition) is 1. The number of rotatable bonds is 11. The number of esters is 1. The monoisotopic (exact) mass is 427 g/mol. The lowest BCUT2D eigenvalue weighted by Crippen LogP contribution is -2.44. The predicted octanol–water partition coefficient (Wildman–Crippen LogP) is 0.785. The Morgan fingerprint density at radius 3 is 2.63 bits per heavy atom. The summed E-state index contributed by atoms with van der Waals surface area (Å²) in [6, 6.07) is -0.616. The number of carbonyl (C=O) groups is 3. The van der Waals surface area contributed by atoms with E-state index in [0.29, 0.717) is 38.0 Å². The molecule has 12 heteroatoms. The maximum absolute atomic E-state index is 12.5. The summed E-state index contributed by atoms with van der Waals surface area (Å²) < 4.78 is 5.17. The van der Waals surface area contributed by atoms with Crippen molar-refractivity contribution in [2.75, 3.05) is 32.1 Å². The van der Waals surface area contributed by atoms with Crippen molar-refractivity contribution in [3.05, 3.63) is 10.1 Å². The molecule has 1 amide bonds. The Bertz CT molecular complexity index is 524. The summed E-state index contributed by atoms with van der Waals surface area (Å²) in [5.74, 6) is -0.725. The number of nitrogens with two attached hydrogens (primary N) is 1. The van der Waals surface area contributed by atoms with Gasteiger partial charge in [-0.1, -0.05) is 18.7 Å². The SMILES string of the molecule is C[C@H](CSC(=O)CN)C(=O)N1CCC[C@H]1C(=O)OCCCCO[N+](=O)[O-].Cl. The van der Waals surface area contributed by atoms with E-state index >= 15 is 0 Å². The number of hydrogen-bond acceptors (Lipinski definition) is 9. The maximum atomic E-state index is 12.5.